The van der Waals surface area contributed by atoms with E-state index >= 15 is 0 Å². The summed E-state index contributed by atoms with van der Waals surface area (Å²) in [4.78, 5) is 0. The Balaban J connectivity index is 2.25. The van der Waals surface area contributed by atoms with Crippen molar-refractivity contribution in [3.05, 3.63) is 48.6 Å². The lowest BCUT2D eigenvalue weighted by molar-refractivity contribution is 0.205. The fourth-order valence-corrected chi connectivity index (χ4v) is 5.50. The van der Waals surface area contributed by atoms with E-state index in [9.17, 15) is 0 Å². The fraction of sp³-hybridized carbons (Fsp3) is 0.429. The maximum atomic E-state index is 6.39. The summed E-state index contributed by atoms with van der Waals surface area (Å²) in [7, 11) is 0.401. The van der Waals surface area contributed by atoms with Crippen molar-refractivity contribution >= 4 is 8.48 Å². The van der Waals surface area contributed by atoms with Gasteiger partial charge in [-0.15, -0.1) is 6.58 Å². The Labute approximate surface area is 105 Å². The van der Waals surface area contributed by atoms with Gasteiger partial charge in [-0.2, -0.15) is 0 Å². The SMILES string of the molecule is C=CC[Si]1(C)O[C@H](c2ccccc2)[C@@H](C)N1C. The quantitative estimate of drug-likeness (QED) is 0.600. The van der Waals surface area contributed by atoms with Gasteiger partial charge in [0, 0.05) is 6.04 Å². The summed E-state index contributed by atoms with van der Waals surface area (Å²) < 4.78 is 8.83. The van der Waals surface area contributed by atoms with Crippen LogP contribution in [0.4, 0.5) is 0 Å². The number of hydrogen-bond acceptors (Lipinski definition) is 2. The summed E-state index contributed by atoms with van der Waals surface area (Å²) in [6, 6.07) is 11.9. The van der Waals surface area contributed by atoms with Gasteiger partial charge in [-0.25, -0.2) is 0 Å². The standard InChI is InChI=1S/C14H21NOSi/c1-5-11-17(4)15(3)12(2)14(16-17)13-9-7-6-8-10-13/h5-10,12,14H,1,11H2,2-4H3/t12-,14+,17?/m1/s1. The lowest BCUT2D eigenvalue weighted by Gasteiger charge is -2.27. The first kappa shape index (κ1) is 12.6. The van der Waals surface area contributed by atoms with Gasteiger partial charge in [0.15, 0.2) is 0 Å². The third kappa shape index (κ3) is 2.23. The van der Waals surface area contributed by atoms with Gasteiger partial charge in [0.1, 0.15) is 0 Å². The van der Waals surface area contributed by atoms with Crippen LogP contribution < -0.4 is 0 Å². The zero-order chi connectivity index (χ0) is 12.5. The van der Waals surface area contributed by atoms with E-state index in [1.807, 2.05) is 12.1 Å². The van der Waals surface area contributed by atoms with E-state index in [-0.39, 0.29) is 6.10 Å². The molecule has 3 heteroatoms. The fourth-order valence-electron chi connectivity index (χ4n) is 2.54. The van der Waals surface area contributed by atoms with Crippen LogP contribution in [0.1, 0.15) is 18.6 Å². The summed E-state index contributed by atoms with van der Waals surface area (Å²) in [6.45, 7) is 8.38. The van der Waals surface area contributed by atoms with E-state index in [2.05, 4.69) is 55.9 Å². The summed E-state index contributed by atoms with van der Waals surface area (Å²) in [5.74, 6) is 0. The highest BCUT2D eigenvalue weighted by Gasteiger charge is 2.48. The first-order chi connectivity index (χ1) is 8.08. The predicted octanol–water partition coefficient (Wildman–Crippen LogP) is 3.34. The monoisotopic (exact) mass is 247 g/mol. The largest absolute Gasteiger partial charge is 0.394 e. The zero-order valence-corrected chi connectivity index (χ0v) is 11.9. The predicted molar refractivity (Wildman–Crippen MR) is 74.1 cm³/mol. The molecule has 1 aliphatic rings. The molecule has 17 heavy (non-hydrogen) atoms. The van der Waals surface area contributed by atoms with Crippen molar-refractivity contribution in [2.45, 2.75) is 31.7 Å². The first-order valence-corrected chi connectivity index (χ1v) is 8.71. The zero-order valence-electron chi connectivity index (χ0n) is 10.9. The van der Waals surface area contributed by atoms with E-state index < -0.39 is 8.48 Å². The maximum absolute atomic E-state index is 6.39. The molecule has 1 heterocycles. The van der Waals surface area contributed by atoms with E-state index in [1.165, 1.54) is 5.56 Å². The molecule has 0 bridgehead atoms. The molecular weight excluding hydrogens is 226 g/mol. The van der Waals surface area contributed by atoms with E-state index in [1.54, 1.807) is 0 Å². The molecule has 0 saturated carbocycles. The van der Waals surface area contributed by atoms with Gasteiger partial charge in [0.25, 0.3) is 8.48 Å². The number of nitrogens with zero attached hydrogens (tertiary/aromatic N) is 1. The average Bonchev–Trinajstić information content (AvgIpc) is 2.56. The van der Waals surface area contributed by atoms with Crippen LogP contribution in [-0.2, 0) is 4.43 Å². The number of likely N-dealkylation sites (N-methyl/N-ethyl adjacent to an activating group) is 1. The van der Waals surface area contributed by atoms with E-state index in [4.69, 9.17) is 4.43 Å². The van der Waals surface area contributed by atoms with Gasteiger partial charge in [-0.05, 0) is 32.1 Å². The molecule has 1 saturated heterocycles. The molecule has 2 nitrogen and oxygen atoms in total. The van der Waals surface area contributed by atoms with Gasteiger partial charge in [-0.1, -0.05) is 36.4 Å². The number of allylic oxidation sites excluding steroid dienone is 1. The average molecular weight is 247 g/mol. The smallest absolute Gasteiger partial charge is 0.272 e. The lowest BCUT2D eigenvalue weighted by atomic mass is 10.0. The van der Waals surface area contributed by atoms with Crippen LogP contribution in [0.25, 0.3) is 0 Å². The summed E-state index contributed by atoms with van der Waals surface area (Å²) >= 11 is 0. The van der Waals surface area contributed by atoms with Crippen LogP contribution in [0, 0.1) is 0 Å². The van der Waals surface area contributed by atoms with Crippen molar-refractivity contribution in [1.29, 1.82) is 0 Å². The van der Waals surface area contributed by atoms with Crippen LogP contribution in [0.15, 0.2) is 43.0 Å². The highest BCUT2D eigenvalue weighted by molar-refractivity contribution is 6.70. The van der Waals surface area contributed by atoms with Crippen molar-refractivity contribution < 1.29 is 4.43 Å². The van der Waals surface area contributed by atoms with E-state index in [0.29, 0.717) is 6.04 Å². The molecule has 1 aromatic rings. The molecule has 1 aromatic carbocycles. The normalized spacial score (nSPS) is 33.8. The minimum Gasteiger partial charge on any atom is -0.394 e. The van der Waals surface area contributed by atoms with Gasteiger partial charge in [0.2, 0.25) is 0 Å². The van der Waals surface area contributed by atoms with Gasteiger partial charge in [-0.3, -0.25) is 4.57 Å². The molecule has 1 unspecified atom stereocenters. The molecule has 0 N–H and O–H groups in total. The minimum atomic E-state index is -1.78. The molecule has 0 spiro atoms. The van der Waals surface area contributed by atoms with Crippen LogP contribution >= 0.6 is 0 Å². The molecule has 0 amide bonds. The van der Waals surface area contributed by atoms with Gasteiger partial charge >= 0.3 is 0 Å². The van der Waals surface area contributed by atoms with Crippen molar-refractivity contribution in [2.24, 2.45) is 0 Å². The third-order valence-electron chi connectivity index (χ3n) is 3.83. The number of rotatable bonds is 3. The molecular formula is C14H21NOSi. The van der Waals surface area contributed by atoms with Crippen LogP contribution in [-0.4, -0.2) is 26.1 Å². The summed E-state index contributed by atoms with van der Waals surface area (Å²) in [6.07, 6.45) is 2.20. The third-order valence-corrected chi connectivity index (χ3v) is 7.53. The topological polar surface area (TPSA) is 12.5 Å². The Bertz CT molecular complexity index is 394. The second kappa shape index (κ2) is 4.76. The molecule has 2 rings (SSSR count). The molecule has 1 fully saturated rings. The maximum Gasteiger partial charge on any atom is 0.272 e. The van der Waals surface area contributed by atoms with Gasteiger partial charge < -0.3 is 4.43 Å². The Morgan fingerprint density at radius 3 is 2.65 bits per heavy atom. The Morgan fingerprint density at radius 1 is 1.41 bits per heavy atom. The van der Waals surface area contributed by atoms with Crippen LogP contribution in [0.5, 0.6) is 0 Å². The van der Waals surface area contributed by atoms with Crippen LogP contribution in [0.3, 0.4) is 0 Å². The molecule has 3 atom stereocenters. The highest BCUT2D eigenvalue weighted by Crippen LogP contribution is 2.39. The summed E-state index contributed by atoms with van der Waals surface area (Å²) in [5.41, 5.74) is 1.28. The number of hydrogen-bond donors (Lipinski definition) is 0. The van der Waals surface area contributed by atoms with Crippen molar-refractivity contribution in [3.63, 3.8) is 0 Å². The second-order valence-electron chi connectivity index (χ2n) is 4.97. The molecule has 92 valence electrons. The van der Waals surface area contributed by atoms with Crippen molar-refractivity contribution in [1.82, 2.24) is 4.57 Å². The van der Waals surface area contributed by atoms with Crippen molar-refractivity contribution in [3.8, 4) is 0 Å². The van der Waals surface area contributed by atoms with Crippen molar-refractivity contribution in [2.75, 3.05) is 7.05 Å². The molecule has 1 aliphatic heterocycles. The Kier molecular flexibility index (Phi) is 3.52. The number of benzene rings is 1. The molecule has 0 radical (unpaired) electrons. The Morgan fingerprint density at radius 2 is 2.06 bits per heavy atom. The lowest BCUT2D eigenvalue weighted by Crippen LogP contribution is -2.46. The molecule has 0 aromatic heterocycles. The second-order valence-corrected chi connectivity index (χ2v) is 8.67. The van der Waals surface area contributed by atoms with Crippen LogP contribution in [0.2, 0.25) is 12.6 Å². The summed E-state index contributed by atoms with van der Waals surface area (Å²) in [5, 5.41) is 0. The Hall–Kier alpha value is -0.903. The highest BCUT2D eigenvalue weighted by atomic mass is 28.4. The first-order valence-electron chi connectivity index (χ1n) is 6.15. The van der Waals surface area contributed by atoms with E-state index in [0.717, 1.165) is 6.04 Å². The minimum absolute atomic E-state index is 0.206. The molecule has 0 aliphatic carbocycles. The van der Waals surface area contributed by atoms with Gasteiger partial charge in [0.05, 0.1) is 6.10 Å².